The molecule has 0 aliphatic rings. The van der Waals surface area contributed by atoms with Crippen molar-refractivity contribution >= 4 is 29.0 Å². The first kappa shape index (κ1) is 27.1. The van der Waals surface area contributed by atoms with Crippen LogP contribution >= 0.6 is 11.6 Å². The van der Waals surface area contributed by atoms with Crippen LogP contribution in [-0.2, 0) is 16.0 Å². The van der Waals surface area contributed by atoms with Gasteiger partial charge in [0, 0.05) is 16.7 Å². The van der Waals surface area contributed by atoms with E-state index in [1.807, 2.05) is 0 Å². The number of nitrogens with one attached hydrogen (secondary N) is 1. The van der Waals surface area contributed by atoms with Gasteiger partial charge >= 0.3 is 5.97 Å². The smallest absolute Gasteiger partial charge is 0.356 e. The Hall–Kier alpha value is -2.93. The molecule has 0 heterocycles. The van der Waals surface area contributed by atoms with Gasteiger partial charge < -0.3 is 9.47 Å². The maximum atomic E-state index is 11.4. The van der Waals surface area contributed by atoms with Crippen molar-refractivity contribution in [3.8, 4) is 5.75 Å². The van der Waals surface area contributed by atoms with Crippen molar-refractivity contribution in [2.45, 2.75) is 40.5 Å². The van der Waals surface area contributed by atoms with Crippen molar-refractivity contribution < 1.29 is 19.2 Å². The average molecular weight is 437 g/mol. The predicted octanol–water partition coefficient (Wildman–Crippen LogP) is 5.77. The largest absolute Gasteiger partial charge is 0.496 e. The molecule has 0 atom stereocenters. The third kappa shape index (κ3) is 9.05. The number of esters is 1. The lowest BCUT2D eigenvalue weighted by molar-refractivity contribution is -0.384. The summed E-state index contributed by atoms with van der Waals surface area (Å²) >= 11 is 5.63. The quantitative estimate of drug-likeness (QED) is 0.174. The highest BCUT2D eigenvalue weighted by Crippen LogP contribution is 2.25. The number of nitro groups is 1. The molecule has 0 amide bonds. The average Bonchev–Trinajstić information content (AvgIpc) is 2.68. The summed E-state index contributed by atoms with van der Waals surface area (Å²) in [6.07, 6.45) is 5.14. The molecule has 0 spiro atoms. The van der Waals surface area contributed by atoms with E-state index in [4.69, 9.17) is 26.5 Å². The molecule has 0 aromatic heterocycles. The Kier molecular flexibility index (Phi) is 12.7. The molecular formula is C22H29ClN2O5. The molecule has 0 radical (unpaired) electrons. The second-order valence-corrected chi connectivity index (χ2v) is 6.56. The third-order valence-corrected chi connectivity index (χ3v) is 3.95. The molecule has 8 heteroatoms. The zero-order valence-electron chi connectivity index (χ0n) is 18.1. The molecule has 0 fully saturated rings. The van der Waals surface area contributed by atoms with Gasteiger partial charge in [-0.15, -0.1) is 0 Å². The number of benzene rings is 1. The molecule has 1 aromatic carbocycles. The van der Waals surface area contributed by atoms with Crippen LogP contribution in [0.1, 0.15) is 39.7 Å². The lowest BCUT2D eigenvalue weighted by atomic mass is 10.0. The molecule has 1 N–H and O–H groups in total. The molecule has 0 saturated heterocycles. The SMILES string of the molecule is C=C(Cl)/C=C(C)\C(=C/C)C(=N)C(=O)OCC.CCCc1ccc([N+](=O)[O-])cc1OC. The summed E-state index contributed by atoms with van der Waals surface area (Å²) in [5.41, 5.74) is 2.12. The second-order valence-electron chi connectivity index (χ2n) is 6.08. The van der Waals surface area contributed by atoms with Crippen LogP contribution in [0.25, 0.3) is 0 Å². The van der Waals surface area contributed by atoms with Crippen LogP contribution < -0.4 is 4.74 Å². The number of carbonyl (C=O) groups excluding carboxylic acids is 1. The Morgan fingerprint density at radius 3 is 2.43 bits per heavy atom. The van der Waals surface area contributed by atoms with E-state index >= 15 is 0 Å². The Bertz CT molecular complexity index is 844. The molecule has 7 nitrogen and oxygen atoms in total. The van der Waals surface area contributed by atoms with Crippen LogP contribution in [0.5, 0.6) is 5.75 Å². The third-order valence-electron chi connectivity index (χ3n) is 3.84. The van der Waals surface area contributed by atoms with E-state index in [1.165, 1.54) is 19.2 Å². The topological polar surface area (TPSA) is 103 Å². The Morgan fingerprint density at radius 1 is 1.37 bits per heavy atom. The van der Waals surface area contributed by atoms with E-state index in [0.717, 1.165) is 18.4 Å². The van der Waals surface area contributed by atoms with Gasteiger partial charge in [-0.05, 0) is 50.5 Å². The highest BCUT2D eigenvalue weighted by Gasteiger charge is 2.16. The lowest BCUT2D eigenvalue weighted by Gasteiger charge is -2.08. The molecule has 0 unspecified atom stereocenters. The van der Waals surface area contributed by atoms with Crippen LogP contribution in [0.2, 0.25) is 0 Å². The van der Waals surface area contributed by atoms with Gasteiger partial charge in [0.1, 0.15) is 11.5 Å². The number of carbonyl (C=O) groups is 1. The molecule has 0 saturated carbocycles. The van der Waals surface area contributed by atoms with Gasteiger partial charge in [-0.3, -0.25) is 15.5 Å². The van der Waals surface area contributed by atoms with Crippen LogP contribution in [0.3, 0.4) is 0 Å². The van der Waals surface area contributed by atoms with Crippen LogP contribution in [-0.4, -0.2) is 30.3 Å². The van der Waals surface area contributed by atoms with Crippen molar-refractivity contribution in [2.75, 3.05) is 13.7 Å². The minimum atomic E-state index is -0.636. The zero-order valence-corrected chi connectivity index (χ0v) is 18.8. The first-order valence-electron chi connectivity index (χ1n) is 9.39. The number of halogens is 1. The number of hydrogen-bond donors (Lipinski definition) is 1. The van der Waals surface area contributed by atoms with Crippen LogP contribution in [0, 0.1) is 15.5 Å². The first-order chi connectivity index (χ1) is 14.1. The minimum Gasteiger partial charge on any atom is -0.496 e. The van der Waals surface area contributed by atoms with Crippen molar-refractivity contribution in [3.05, 3.63) is 68.8 Å². The monoisotopic (exact) mass is 436 g/mol. The summed E-state index contributed by atoms with van der Waals surface area (Å²) in [4.78, 5) is 21.4. The number of allylic oxidation sites excluding steroid dienone is 4. The summed E-state index contributed by atoms with van der Waals surface area (Å²) in [6, 6.07) is 4.72. The Labute approximate surface area is 182 Å². The molecule has 1 rings (SSSR count). The van der Waals surface area contributed by atoms with Crippen LogP contribution in [0.15, 0.2) is 53.1 Å². The van der Waals surface area contributed by atoms with E-state index in [9.17, 15) is 14.9 Å². The Morgan fingerprint density at radius 2 is 2.00 bits per heavy atom. The standard InChI is InChI=1S/C12H16ClNO2.C10H13NO3/c1-5-10(8(3)7-9(4)13)11(14)12(15)16-6-2;1-3-4-8-5-6-9(11(12)13)7-10(8)14-2/h5,7,14H,4,6H2,1-3H3;5-7H,3-4H2,1-2H3/b8-7-,10-5+,14-11?;. The summed E-state index contributed by atoms with van der Waals surface area (Å²) in [7, 11) is 1.53. The maximum absolute atomic E-state index is 11.4. The molecule has 0 aliphatic carbocycles. The summed E-state index contributed by atoms with van der Waals surface area (Å²) in [6.45, 7) is 11.0. The molecule has 30 heavy (non-hydrogen) atoms. The summed E-state index contributed by atoms with van der Waals surface area (Å²) in [5, 5.41) is 18.5. The Balaban J connectivity index is 0.000000564. The predicted molar refractivity (Wildman–Crippen MR) is 121 cm³/mol. The lowest BCUT2D eigenvalue weighted by Crippen LogP contribution is -2.19. The van der Waals surface area contributed by atoms with Crippen molar-refractivity contribution in [1.82, 2.24) is 0 Å². The van der Waals surface area contributed by atoms with Crippen LogP contribution in [0.4, 0.5) is 5.69 Å². The van der Waals surface area contributed by atoms with Gasteiger partial charge in [-0.1, -0.05) is 37.6 Å². The highest BCUT2D eigenvalue weighted by atomic mass is 35.5. The molecular weight excluding hydrogens is 408 g/mol. The minimum absolute atomic E-state index is 0.0710. The number of nitro benzene ring substituents is 1. The van der Waals surface area contributed by atoms with E-state index in [0.29, 0.717) is 21.9 Å². The first-order valence-corrected chi connectivity index (χ1v) is 9.77. The maximum Gasteiger partial charge on any atom is 0.356 e. The molecule has 0 aliphatic heterocycles. The zero-order chi connectivity index (χ0) is 23.3. The summed E-state index contributed by atoms with van der Waals surface area (Å²) < 4.78 is 9.84. The number of non-ortho nitro benzene ring substituents is 1. The number of hydrogen-bond acceptors (Lipinski definition) is 6. The number of methoxy groups -OCH3 is 1. The molecule has 164 valence electrons. The van der Waals surface area contributed by atoms with Gasteiger partial charge in [0.15, 0.2) is 0 Å². The van der Waals surface area contributed by atoms with Crippen molar-refractivity contribution in [2.24, 2.45) is 0 Å². The fourth-order valence-corrected chi connectivity index (χ4v) is 2.68. The fraction of sp³-hybridized carbons (Fsp3) is 0.364. The normalized spacial score (nSPS) is 11.1. The van der Waals surface area contributed by atoms with Gasteiger partial charge in [-0.2, -0.15) is 0 Å². The number of ether oxygens (including phenoxy) is 2. The number of nitrogens with zero attached hydrogens (tertiary/aromatic N) is 1. The van der Waals surface area contributed by atoms with Gasteiger partial charge in [0.05, 0.1) is 24.7 Å². The number of rotatable bonds is 9. The number of aryl methyl sites for hydroxylation is 1. The van der Waals surface area contributed by atoms with Crippen molar-refractivity contribution in [1.29, 1.82) is 5.41 Å². The van der Waals surface area contributed by atoms with E-state index in [2.05, 4.69) is 13.5 Å². The molecule has 1 aromatic rings. The van der Waals surface area contributed by atoms with E-state index in [1.54, 1.807) is 39.0 Å². The molecule has 0 bridgehead atoms. The van der Waals surface area contributed by atoms with Gasteiger partial charge in [-0.25, -0.2) is 4.79 Å². The summed E-state index contributed by atoms with van der Waals surface area (Å²) in [5.74, 6) is -0.0374. The van der Waals surface area contributed by atoms with Crippen molar-refractivity contribution in [3.63, 3.8) is 0 Å². The van der Waals surface area contributed by atoms with Gasteiger partial charge in [0.25, 0.3) is 5.69 Å². The second kappa shape index (κ2) is 14.1. The van der Waals surface area contributed by atoms with E-state index < -0.39 is 10.9 Å². The van der Waals surface area contributed by atoms with Gasteiger partial charge in [0.2, 0.25) is 0 Å². The highest BCUT2D eigenvalue weighted by molar-refractivity contribution is 6.43. The van der Waals surface area contributed by atoms with E-state index in [-0.39, 0.29) is 18.0 Å². The fourth-order valence-electron chi connectivity index (χ4n) is 2.52.